The van der Waals surface area contributed by atoms with Gasteiger partial charge in [-0.1, -0.05) is 19.8 Å². The van der Waals surface area contributed by atoms with Crippen LogP contribution in [0.15, 0.2) is 11.4 Å². The van der Waals surface area contributed by atoms with Crippen LogP contribution in [0.3, 0.4) is 0 Å². The maximum Gasteiger partial charge on any atom is 0.236 e. The Morgan fingerprint density at radius 2 is 2.24 bits per heavy atom. The SMILES string of the molecule is CC1CCCCC1N(C)C(=O)CN1CCc2sccc2C1. The number of carbonyl (C=O) groups is 1. The largest absolute Gasteiger partial charge is 0.341 e. The first-order chi connectivity index (χ1) is 10.1. The molecule has 21 heavy (non-hydrogen) atoms. The van der Waals surface area contributed by atoms with Crippen molar-refractivity contribution < 1.29 is 4.79 Å². The van der Waals surface area contributed by atoms with E-state index in [9.17, 15) is 4.79 Å². The summed E-state index contributed by atoms with van der Waals surface area (Å²) in [4.78, 5) is 18.4. The van der Waals surface area contributed by atoms with Gasteiger partial charge in [0.15, 0.2) is 0 Å². The van der Waals surface area contributed by atoms with Gasteiger partial charge in [-0.2, -0.15) is 0 Å². The van der Waals surface area contributed by atoms with Crippen molar-refractivity contribution in [3.8, 4) is 0 Å². The van der Waals surface area contributed by atoms with Gasteiger partial charge < -0.3 is 4.90 Å². The van der Waals surface area contributed by atoms with Gasteiger partial charge in [-0.05, 0) is 42.2 Å². The van der Waals surface area contributed by atoms with E-state index in [1.165, 1.54) is 36.1 Å². The number of likely N-dealkylation sites (N-methyl/N-ethyl adjacent to an activating group) is 1. The van der Waals surface area contributed by atoms with Gasteiger partial charge >= 0.3 is 0 Å². The van der Waals surface area contributed by atoms with Crippen LogP contribution in [0.5, 0.6) is 0 Å². The van der Waals surface area contributed by atoms with Crippen molar-refractivity contribution in [1.82, 2.24) is 9.80 Å². The topological polar surface area (TPSA) is 23.6 Å². The highest BCUT2D eigenvalue weighted by atomic mass is 32.1. The number of fused-ring (bicyclic) bond motifs is 1. The number of rotatable bonds is 3. The Morgan fingerprint density at radius 1 is 1.43 bits per heavy atom. The predicted molar refractivity (Wildman–Crippen MR) is 87.5 cm³/mol. The summed E-state index contributed by atoms with van der Waals surface area (Å²) in [5, 5.41) is 2.17. The number of nitrogens with zero attached hydrogens (tertiary/aromatic N) is 2. The lowest BCUT2D eigenvalue weighted by atomic mass is 9.85. The molecule has 0 radical (unpaired) electrons. The molecule has 1 fully saturated rings. The van der Waals surface area contributed by atoms with Crippen molar-refractivity contribution >= 4 is 17.2 Å². The van der Waals surface area contributed by atoms with Gasteiger partial charge in [-0.3, -0.25) is 9.69 Å². The van der Waals surface area contributed by atoms with E-state index in [4.69, 9.17) is 0 Å². The molecule has 2 aliphatic rings. The highest BCUT2D eigenvalue weighted by Gasteiger charge is 2.29. The van der Waals surface area contributed by atoms with Crippen LogP contribution in [-0.2, 0) is 17.8 Å². The van der Waals surface area contributed by atoms with Crippen molar-refractivity contribution in [2.45, 2.75) is 51.6 Å². The quantitative estimate of drug-likeness (QED) is 0.856. The highest BCUT2D eigenvalue weighted by Crippen LogP contribution is 2.28. The van der Waals surface area contributed by atoms with Crippen LogP contribution in [0.4, 0.5) is 0 Å². The number of thiophene rings is 1. The van der Waals surface area contributed by atoms with Crippen molar-refractivity contribution in [3.05, 3.63) is 21.9 Å². The van der Waals surface area contributed by atoms with Crippen LogP contribution < -0.4 is 0 Å². The van der Waals surface area contributed by atoms with Crippen LogP contribution in [0.2, 0.25) is 0 Å². The molecule has 1 aliphatic carbocycles. The second kappa shape index (κ2) is 6.49. The van der Waals surface area contributed by atoms with Gasteiger partial charge in [0.05, 0.1) is 6.54 Å². The summed E-state index contributed by atoms with van der Waals surface area (Å²) in [5.74, 6) is 0.949. The number of hydrogen-bond donors (Lipinski definition) is 0. The minimum absolute atomic E-state index is 0.299. The zero-order chi connectivity index (χ0) is 14.8. The lowest BCUT2D eigenvalue weighted by Gasteiger charge is -2.37. The van der Waals surface area contributed by atoms with Crippen LogP contribution in [0.1, 0.15) is 43.0 Å². The van der Waals surface area contributed by atoms with Gasteiger partial charge in [0, 0.05) is 31.1 Å². The Balaban J connectivity index is 1.56. The summed E-state index contributed by atoms with van der Waals surface area (Å²) in [6, 6.07) is 2.66. The zero-order valence-electron chi connectivity index (χ0n) is 13.2. The Morgan fingerprint density at radius 3 is 3.05 bits per heavy atom. The fraction of sp³-hybridized carbons (Fsp3) is 0.706. The molecule has 0 spiro atoms. The maximum atomic E-state index is 12.6. The molecule has 0 aromatic carbocycles. The molecule has 0 bridgehead atoms. The molecule has 1 aromatic rings. The molecule has 0 N–H and O–H groups in total. The van der Waals surface area contributed by atoms with Gasteiger partial charge in [-0.25, -0.2) is 0 Å². The molecule has 2 heterocycles. The first kappa shape index (κ1) is 15.0. The van der Waals surface area contributed by atoms with Gasteiger partial charge in [0.1, 0.15) is 0 Å². The molecule has 0 saturated heterocycles. The summed E-state index contributed by atoms with van der Waals surface area (Å²) in [7, 11) is 2.01. The average molecular weight is 306 g/mol. The first-order valence-corrected chi connectivity index (χ1v) is 9.06. The fourth-order valence-electron chi connectivity index (χ4n) is 3.80. The highest BCUT2D eigenvalue weighted by molar-refractivity contribution is 7.10. The van der Waals surface area contributed by atoms with E-state index in [1.807, 2.05) is 23.3 Å². The number of amides is 1. The summed E-state index contributed by atoms with van der Waals surface area (Å²) < 4.78 is 0. The number of hydrogen-bond acceptors (Lipinski definition) is 3. The fourth-order valence-corrected chi connectivity index (χ4v) is 4.69. The number of carbonyl (C=O) groups excluding carboxylic acids is 1. The maximum absolute atomic E-state index is 12.6. The lowest BCUT2D eigenvalue weighted by Crippen LogP contribution is -2.47. The molecular weight excluding hydrogens is 280 g/mol. The van der Waals surface area contributed by atoms with E-state index in [0.717, 1.165) is 19.5 Å². The van der Waals surface area contributed by atoms with Crippen molar-refractivity contribution in [2.24, 2.45) is 5.92 Å². The second-order valence-corrected chi connectivity index (χ2v) is 7.66. The van der Waals surface area contributed by atoms with Crippen molar-refractivity contribution in [1.29, 1.82) is 0 Å². The molecule has 1 saturated carbocycles. The minimum atomic E-state index is 0.299. The van der Waals surface area contributed by atoms with Crippen LogP contribution >= 0.6 is 11.3 Å². The van der Waals surface area contributed by atoms with E-state index >= 15 is 0 Å². The molecule has 2 atom stereocenters. The molecule has 1 aliphatic heterocycles. The van der Waals surface area contributed by atoms with Crippen molar-refractivity contribution in [3.63, 3.8) is 0 Å². The minimum Gasteiger partial charge on any atom is -0.341 e. The summed E-state index contributed by atoms with van der Waals surface area (Å²) in [6.45, 7) is 4.84. The molecule has 1 amide bonds. The van der Waals surface area contributed by atoms with E-state index in [1.54, 1.807) is 0 Å². The molecule has 4 heteroatoms. The molecule has 3 nitrogen and oxygen atoms in total. The molecule has 3 rings (SSSR count). The third-order valence-corrected chi connectivity index (χ3v) is 6.23. The Bertz CT molecular complexity index is 499. The van der Waals surface area contributed by atoms with E-state index < -0.39 is 0 Å². The van der Waals surface area contributed by atoms with Crippen molar-refractivity contribution in [2.75, 3.05) is 20.1 Å². The smallest absolute Gasteiger partial charge is 0.236 e. The molecule has 2 unspecified atom stereocenters. The molecule has 1 aromatic heterocycles. The third-order valence-electron chi connectivity index (χ3n) is 5.20. The van der Waals surface area contributed by atoms with Crippen LogP contribution in [-0.4, -0.2) is 41.9 Å². The molecule has 116 valence electrons. The second-order valence-electron chi connectivity index (χ2n) is 6.66. The van der Waals surface area contributed by atoms with Gasteiger partial charge in [0.25, 0.3) is 0 Å². The van der Waals surface area contributed by atoms with Gasteiger partial charge in [-0.15, -0.1) is 11.3 Å². The third kappa shape index (κ3) is 3.32. The standard InChI is InChI=1S/C17H26N2OS/c1-13-5-3-4-6-15(13)18(2)17(20)12-19-9-7-16-14(11-19)8-10-21-16/h8,10,13,15H,3-7,9,11-12H2,1-2H3. The predicted octanol–water partition coefficient (Wildman–Crippen LogP) is 3.14. The lowest BCUT2D eigenvalue weighted by molar-refractivity contribution is -0.135. The first-order valence-electron chi connectivity index (χ1n) is 8.18. The molecular formula is C17H26N2OS. The summed E-state index contributed by atoms with van der Waals surface area (Å²) >= 11 is 1.85. The van der Waals surface area contributed by atoms with E-state index in [-0.39, 0.29) is 0 Å². The van der Waals surface area contributed by atoms with Gasteiger partial charge in [0.2, 0.25) is 5.91 Å². The van der Waals surface area contributed by atoms with E-state index in [2.05, 4.69) is 23.3 Å². The van der Waals surface area contributed by atoms with Crippen LogP contribution in [0.25, 0.3) is 0 Å². The average Bonchev–Trinajstić information content (AvgIpc) is 2.94. The Labute approximate surface area is 131 Å². The Kier molecular flexibility index (Phi) is 4.65. The summed E-state index contributed by atoms with van der Waals surface area (Å²) in [5.41, 5.74) is 1.42. The summed E-state index contributed by atoms with van der Waals surface area (Å²) in [6.07, 6.45) is 6.15. The monoisotopic (exact) mass is 306 g/mol. The zero-order valence-corrected chi connectivity index (χ0v) is 14.0. The van der Waals surface area contributed by atoms with Crippen LogP contribution in [0, 0.1) is 5.92 Å². The normalized spacial score (nSPS) is 26.4. The van der Waals surface area contributed by atoms with E-state index in [0.29, 0.717) is 24.4 Å². The Hall–Kier alpha value is -0.870.